The molecule has 0 spiro atoms. The second-order valence-corrected chi connectivity index (χ2v) is 7.64. The van der Waals surface area contributed by atoms with Gasteiger partial charge in [-0.1, -0.05) is 54.3 Å². The summed E-state index contributed by atoms with van der Waals surface area (Å²) >= 11 is 1.57. The van der Waals surface area contributed by atoms with Crippen LogP contribution in [0.5, 0.6) is 0 Å². The van der Waals surface area contributed by atoms with Crippen LogP contribution in [0.4, 0.5) is 11.5 Å². The molecular formula is C23H20N4S. The van der Waals surface area contributed by atoms with Crippen molar-refractivity contribution in [2.45, 2.75) is 19.4 Å². The SMILES string of the molecule is CC(N)C#Cc1cc2ncnc(Nc3ccc(Cc4ccccc4)cc3)c2s1. The van der Waals surface area contributed by atoms with Crippen molar-refractivity contribution < 1.29 is 0 Å². The average molecular weight is 385 g/mol. The number of nitrogens with two attached hydrogens (primary N) is 1. The van der Waals surface area contributed by atoms with Gasteiger partial charge in [-0.2, -0.15) is 0 Å². The Bertz CT molecular complexity index is 1140. The van der Waals surface area contributed by atoms with Gasteiger partial charge in [-0.3, -0.25) is 0 Å². The quantitative estimate of drug-likeness (QED) is 0.500. The third-order valence-electron chi connectivity index (χ3n) is 4.20. The van der Waals surface area contributed by atoms with Gasteiger partial charge in [0.15, 0.2) is 5.82 Å². The Morgan fingerprint density at radius 1 is 1.04 bits per heavy atom. The predicted octanol–water partition coefficient (Wildman–Crippen LogP) is 4.72. The van der Waals surface area contributed by atoms with E-state index in [2.05, 4.69) is 75.7 Å². The van der Waals surface area contributed by atoms with Gasteiger partial charge in [-0.05, 0) is 42.7 Å². The lowest BCUT2D eigenvalue weighted by Gasteiger charge is -2.07. The molecule has 4 aromatic rings. The first-order valence-electron chi connectivity index (χ1n) is 9.09. The molecule has 0 fully saturated rings. The zero-order valence-electron chi connectivity index (χ0n) is 15.5. The minimum Gasteiger partial charge on any atom is -0.339 e. The molecule has 5 heteroatoms. The third kappa shape index (κ3) is 4.37. The lowest BCUT2D eigenvalue weighted by atomic mass is 10.0. The summed E-state index contributed by atoms with van der Waals surface area (Å²) < 4.78 is 0.991. The van der Waals surface area contributed by atoms with Gasteiger partial charge in [0.25, 0.3) is 0 Å². The normalized spacial score (nSPS) is 11.6. The molecule has 4 rings (SSSR count). The van der Waals surface area contributed by atoms with E-state index in [1.54, 1.807) is 17.7 Å². The van der Waals surface area contributed by atoms with Crippen molar-refractivity contribution in [1.82, 2.24) is 9.97 Å². The van der Waals surface area contributed by atoms with Crippen molar-refractivity contribution in [3.05, 3.63) is 83.0 Å². The highest BCUT2D eigenvalue weighted by molar-refractivity contribution is 7.20. The molecule has 0 amide bonds. The van der Waals surface area contributed by atoms with E-state index in [1.165, 1.54) is 11.1 Å². The van der Waals surface area contributed by atoms with Crippen LogP contribution in [0.2, 0.25) is 0 Å². The molecule has 4 nitrogen and oxygen atoms in total. The van der Waals surface area contributed by atoms with E-state index in [-0.39, 0.29) is 6.04 Å². The molecule has 1 atom stereocenters. The fourth-order valence-electron chi connectivity index (χ4n) is 2.86. The summed E-state index contributed by atoms with van der Waals surface area (Å²) in [5.74, 6) is 6.88. The Kier molecular flexibility index (Phi) is 5.34. The van der Waals surface area contributed by atoms with Gasteiger partial charge in [0.05, 0.1) is 21.1 Å². The van der Waals surface area contributed by atoms with E-state index in [9.17, 15) is 0 Å². The highest BCUT2D eigenvalue weighted by Gasteiger charge is 2.08. The maximum Gasteiger partial charge on any atom is 0.151 e. The number of rotatable bonds is 4. The van der Waals surface area contributed by atoms with Crippen LogP contribution in [0.15, 0.2) is 67.0 Å². The summed E-state index contributed by atoms with van der Waals surface area (Å²) in [4.78, 5) is 9.71. The Balaban J connectivity index is 1.54. The molecule has 0 aliphatic carbocycles. The maximum atomic E-state index is 5.72. The number of hydrogen-bond donors (Lipinski definition) is 2. The van der Waals surface area contributed by atoms with Crippen molar-refractivity contribution in [2.24, 2.45) is 5.73 Å². The van der Waals surface area contributed by atoms with Gasteiger partial charge in [0.2, 0.25) is 0 Å². The first kappa shape index (κ1) is 18.2. The van der Waals surface area contributed by atoms with Crippen LogP contribution >= 0.6 is 11.3 Å². The van der Waals surface area contributed by atoms with Gasteiger partial charge in [0, 0.05) is 5.69 Å². The Hall–Kier alpha value is -3.20. The topological polar surface area (TPSA) is 63.8 Å². The van der Waals surface area contributed by atoms with Gasteiger partial charge < -0.3 is 11.1 Å². The molecule has 0 aliphatic heterocycles. The fraction of sp³-hybridized carbons (Fsp3) is 0.130. The van der Waals surface area contributed by atoms with Crippen LogP contribution in [0.25, 0.3) is 10.2 Å². The minimum atomic E-state index is -0.150. The summed E-state index contributed by atoms with van der Waals surface area (Å²) in [7, 11) is 0. The minimum absolute atomic E-state index is 0.150. The number of thiophene rings is 1. The Morgan fingerprint density at radius 2 is 1.79 bits per heavy atom. The van der Waals surface area contributed by atoms with E-state index in [1.807, 2.05) is 19.1 Å². The Morgan fingerprint density at radius 3 is 2.54 bits per heavy atom. The molecule has 0 saturated carbocycles. The predicted molar refractivity (Wildman–Crippen MR) is 117 cm³/mol. The lowest BCUT2D eigenvalue weighted by Crippen LogP contribution is -2.10. The zero-order valence-corrected chi connectivity index (χ0v) is 16.3. The monoisotopic (exact) mass is 384 g/mol. The number of anilines is 2. The van der Waals surface area contributed by atoms with Crippen molar-refractivity contribution >= 4 is 33.1 Å². The number of benzene rings is 2. The van der Waals surface area contributed by atoms with E-state index < -0.39 is 0 Å². The van der Waals surface area contributed by atoms with Crippen LogP contribution in [-0.4, -0.2) is 16.0 Å². The summed E-state index contributed by atoms with van der Waals surface area (Å²) in [5, 5.41) is 3.40. The maximum absolute atomic E-state index is 5.72. The van der Waals surface area contributed by atoms with E-state index in [4.69, 9.17) is 5.73 Å². The zero-order chi connectivity index (χ0) is 19.3. The molecular weight excluding hydrogens is 364 g/mol. The molecule has 28 heavy (non-hydrogen) atoms. The van der Waals surface area contributed by atoms with Crippen LogP contribution in [-0.2, 0) is 6.42 Å². The van der Waals surface area contributed by atoms with Crippen LogP contribution in [0.1, 0.15) is 22.9 Å². The second kappa shape index (κ2) is 8.22. The molecule has 0 radical (unpaired) electrons. The summed E-state index contributed by atoms with van der Waals surface area (Å²) in [6, 6.07) is 20.7. The Labute approximate surface area is 168 Å². The summed E-state index contributed by atoms with van der Waals surface area (Å²) in [6.07, 6.45) is 2.50. The highest BCUT2D eigenvalue weighted by atomic mass is 32.1. The molecule has 3 N–H and O–H groups in total. The largest absolute Gasteiger partial charge is 0.339 e. The van der Waals surface area contributed by atoms with Crippen LogP contribution in [0, 0.1) is 11.8 Å². The lowest BCUT2D eigenvalue weighted by molar-refractivity contribution is 0.959. The van der Waals surface area contributed by atoms with Crippen molar-refractivity contribution in [2.75, 3.05) is 5.32 Å². The van der Waals surface area contributed by atoms with Crippen molar-refractivity contribution in [1.29, 1.82) is 0 Å². The van der Waals surface area contributed by atoms with Gasteiger partial charge in [-0.15, -0.1) is 11.3 Å². The molecule has 0 aliphatic rings. The second-order valence-electron chi connectivity index (χ2n) is 6.59. The molecule has 0 saturated heterocycles. The molecule has 0 bridgehead atoms. The number of nitrogens with zero attached hydrogens (tertiary/aromatic N) is 2. The number of nitrogens with one attached hydrogen (secondary N) is 1. The molecule has 1 unspecified atom stereocenters. The van der Waals surface area contributed by atoms with Gasteiger partial charge in [-0.25, -0.2) is 9.97 Å². The highest BCUT2D eigenvalue weighted by Crippen LogP contribution is 2.30. The van der Waals surface area contributed by atoms with Gasteiger partial charge in [0.1, 0.15) is 6.33 Å². The first-order chi connectivity index (χ1) is 13.7. The molecule has 2 aromatic carbocycles. The summed E-state index contributed by atoms with van der Waals surface area (Å²) in [6.45, 7) is 1.87. The number of fused-ring (bicyclic) bond motifs is 1. The smallest absolute Gasteiger partial charge is 0.151 e. The van der Waals surface area contributed by atoms with E-state index in [0.717, 1.165) is 33.0 Å². The molecule has 2 heterocycles. The standard InChI is InChI=1S/C23H20N4S/c1-16(24)7-12-20-14-21-22(28-20)23(26-15-25-21)27-19-10-8-18(9-11-19)13-17-5-3-2-4-6-17/h2-6,8-11,14-16H,13,24H2,1H3,(H,25,26,27). The van der Waals surface area contributed by atoms with E-state index in [0.29, 0.717) is 0 Å². The average Bonchev–Trinajstić information content (AvgIpc) is 3.13. The van der Waals surface area contributed by atoms with E-state index >= 15 is 0 Å². The van der Waals surface area contributed by atoms with Crippen LogP contribution in [0.3, 0.4) is 0 Å². The first-order valence-corrected chi connectivity index (χ1v) is 9.90. The van der Waals surface area contributed by atoms with Crippen molar-refractivity contribution in [3.63, 3.8) is 0 Å². The molecule has 2 aromatic heterocycles. The number of hydrogen-bond acceptors (Lipinski definition) is 5. The molecule has 138 valence electrons. The van der Waals surface area contributed by atoms with Gasteiger partial charge >= 0.3 is 0 Å². The summed E-state index contributed by atoms with van der Waals surface area (Å²) in [5.41, 5.74) is 10.2. The van der Waals surface area contributed by atoms with Crippen molar-refractivity contribution in [3.8, 4) is 11.8 Å². The van der Waals surface area contributed by atoms with Crippen LogP contribution < -0.4 is 11.1 Å². The number of aromatic nitrogens is 2. The third-order valence-corrected chi connectivity index (χ3v) is 5.25. The fourth-order valence-corrected chi connectivity index (χ4v) is 3.78.